The fourth-order valence-electron chi connectivity index (χ4n) is 2.97. The van der Waals surface area contributed by atoms with E-state index >= 15 is 0 Å². The summed E-state index contributed by atoms with van der Waals surface area (Å²) in [5, 5.41) is 0.681. The van der Waals surface area contributed by atoms with Crippen LogP contribution in [-0.2, 0) is 7.05 Å². The third-order valence-electron chi connectivity index (χ3n) is 4.12. The molecular weight excluding hydrogens is 362 g/mol. The van der Waals surface area contributed by atoms with Crippen molar-refractivity contribution in [1.82, 2.24) is 14.5 Å². The first-order valence-electron chi connectivity index (χ1n) is 7.25. The van der Waals surface area contributed by atoms with Gasteiger partial charge >= 0.3 is 5.69 Å². The van der Waals surface area contributed by atoms with E-state index in [0.717, 1.165) is 27.3 Å². The highest BCUT2D eigenvalue weighted by Gasteiger charge is 2.27. The standard InChI is InChI=1S/C17H12ClN3OS2/c1-21-7-12(16(23)20-17(21)22)14-11-4-3-10(18)6-9(11)2-5-13-15(14)19-8-24-13/h2-8,14H,1H3,(H,20,22,23)/t14-/m0/s1. The summed E-state index contributed by atoms with van der Waals surface area (Å²) in [4.78, 5) is 20.2. The number of rotatable bonds is 1. The number of aryl methyl sites for hydroxylation is 1. The van der Waals surface area contributed by atoms with E-state index in [1.165, 1.54) is 4.57 Å². The highest BCUT2D eigenvalue weighted by Crippen LogP contribution is 2.40. The number of thiazole rings is 1. The zero-order valence-corrected chi connectivity index (χ0v) is 15.0. The summed E-state index contributed by atoms with van der Waals surface area (Å²) >= 11 is 13.2. The van der Waals surface area contributed by atoms with E-state index in [0.29, 0.717) is 9.66 Å². The Morgan fingerprint density at radius 3 is 3.00 bits per heavy atom. The van der Waals surface area contributed by atoms with Crippen LogP contribution in [0.4, 0.5) is 0 Å². The molecular formula is C17H12ClN3OS2. The molecule has 0 fully saturated rings. The Balaban J connectivity index is 2.06. The minimum atomic E-state index is -0.231. The number of nitrogens with one attached hydrogen (secondary N) is 1. The van der Waals surface area contributed by atoms with Crippen LogP contribution in [0.3, 0.4) is 0 Å². The fourth-order valence-corrected chi connectivity index (χ4v) is 4.13. The minimum absolute atomic E-state index is 0.149. The minimum Gasteiger partial charge on any atom is -0.304 e. The first-order chi connectivity index (χ1) is 11.5. The number of H-pyrrole nitrogens is 1. The number of nitrogens with zero attached hydrogens (tertiary/aromatic N) is 2. The van der Waals surface area contributed by atoms with E-state index in [9.17, 15) is 4.79 Å². The molecule has 4 rings (SSSR count). The molecule has 0 radical (unpaired) electrons. The number of benzene rings is 1. The highest BCUT2D eigenvalue weighted by molar-refractivity contribution is 7.71. The van der Waals surface area contributed by atoms with Crippen molar-refractivity contribution < 1.29 is 0 Å². The summed E-state index contributed by atoms with van der Waals surface area (Å²) in [6.45, 7) is 0. The van der Waals surface area contributed by atoms with Gasteiger partial charge in [-0.25, -0.2) is 9.78 Å². The van der Waals surface area contributed by atoms with E-state index < -0.39 is 0 Å². The summed E-state index contributed by atoms with van der Waals surface area (Å²) in [5.41, 5.74) is 5.49. The lowest BCUT2D eigenvalue weighted by Crippen LogP contribution is -2.22. The first-order valence-corrected chi connectivity index (χ1v) is 8.92. The van der Waals surface area contributed by atoms with Gasteiger partial charge in [0.05, 0.1) is 22.0 Å². The van der Waals surface area contributed by atoms with Gasteiger partial charge in [0.15, 0.2) is 0 Å². The summed E-state index contributed by atoms with van der Waals surface area (Å²) < 4.78 is 1.94. The van der Waals surface area contributed by atoms with Gasteiger partial charge in [-0.05, 0) is 29.3 Å². The van der Waals surface area contributed by atoms with Crippen molar-refractivity contribution in [3.63, 3.8) is 0 Å². The zero-order chi connectivity index (χ0) is 16.8. The molecule has 1 N–H and O–H groups in total. The van der Waals surface area contributed by atoms with Crippen molar-refractivity contribution >= 4 is 47.3 Å². The molecule has 3 aromatic rings. The van der Waals surface area contributed by atoms with Gasteiger partial charge in [-0.3, -0.25) is 4.98 Å². The van der Waals surface area contributed by atoms with Gasteiger partial charge in [0.2, 0.25) is 0 Å². The summed E-state index contributed by atoms with van der Waals surface area (Å²) in [7, 11) is 1.71. The molecule has 0 bridgehead atoms. The largest absolute Gasteiger partial charge is 0.326 e. The van der Waals surface area contributed by atoms with Gasteiger partial charge in [-0.2, -0.15) is 0 Å². The van der Waals surface area contributed by atoms with Gasteiger partial charge in [0, 0.05) is 23.8 Å². The average Bonchev–Trinajstić information content (AvgIpc) is 2.95. The molecule has 2 heterocycles. The quantitative estimate of drug-likeness (QED) is 0.508. The summed E-state index contributed by atoms with van der Waals surface area (Å²) in [5.74, 6) is -0.149. The Morgan fingerprint density at radius 2 is 2.17 bits per heavy atom. The molecule has 1 aliphatic rings. The lowest BCUT2D eigenvalue weighted by Gasteiger charge is -2.19. The number of fused-ring (bicyclic) bond motifs is 2. The molecule has 0 unspecified atom stereocenters. The SMILES string of the molecule is Cn1cc([C@@H]2c3ccc(Cl)cc3C=Cc3scnc32)c(=S)[nH]c1=O. The van der Waals surface area contributed by atoms with Crippen LogP contribution in [0, 0.1) is 4.64 Å². The van der Waals surface area contributed by atoms with Crippen molar-refractivity contribution in [2.24, 2.45) is 7.05 Å². The molecule has 24 heavy (non-hydrogen) atoms. The lowest BCUT2D eigenvalue weighted by molar-refractivity contribution is 0.770. The van der Waals surface area contributed by atoms with Crippen LogP contribution in [0.1, 0.15) is 33.2 Å². The van der Waals surface area contributed by atoms with Crippen LogP contribution in [0.5, 0.6) is 0 Å². The molecule has 7 heteroatoms. The Morgan fingerprint density at radius 1 is 1.33 bits per heavy atom. The lowest BCUT2D eigenvalue weighted by atomic mass is 9.88. The number of aromatic nitrogens is 3. The van der Waals surface area contributed by atoms with Gasteiger partial charge in [0.25, 0.3) is 0 Å². The second-order valence-corrected chi connectivity index (χ2v) is 7.33. The molecule has 0 saturated heterocycles. The Kier molecular flexibility index (Phi) is 3.75. The maximum atomic E-state index is 11.8. The maximum Gasteiger partial charge on any atom is 0.326 e. The maximum absolute atomic E-state index is 11.8. The van der Waals surface area contributed by atoms with Gasteiger partial charge < -0.3 is 4.57 Å². The van der Waals surface area contributed by atoms with Crippen LogP contribution in [0.15, 0.2) is 34.7 Å². The second-order valence-electron chi connectivity index (χ2n) is 5.60. The van der Waals surface area contributed by atoms with Gasteiger partial charge in [-0.15, -0.1) is 11.3 Å². The smallest absolute Gasteiger partial charge is 0.304 e. The Hall–Kier alpha value is -2.02. The number of aromatic amines is 1. The predicted molar refractivity (Wildman–Crippen MR) is 100 cm³/mol. The normalized spacial score (nSPS) is 15.7. The monoisotopic (exact) mass is 373 g/mol. The number of halogens is 1. The molecule has 1 aromatic carbocycles. The van der Waals surface area contributed by atoms with Crippen LogP contribution in [0.2, 0.25) is 5.02 Å². The number of hydrogen-bond acceptors (Lipinski definition) is 4. The van der Waals surface area contributed by atoms with Gasteiger partial charge in [0.1, 0.15) is 4.64 Å². The van der Waals surface area contributed by atoms with Crippen molar-refractivity contribution in [3.8, 4) is 0 Å². The van der Waals surface area contributed by atoms with Crippen molar-refractivity contribution in [1.29, 1.82) is 0 Å². The topological polar surface area (TPSA) is 50.7 Å². The first kappa shape index (κ1) is 15.5. The number of hydrogen-bond donors (Lipinski definition) is 1. The van der Waals surface area contributed by atoms with Crippen LogP contribution in [-0.4, -0.2) is 14.5 Å². The molecule has 0 amide bonds. The summed E-state index contributed by atoms with van der Waals surface area (Å²) in [6, 6.07) is 5.81. The van der Waals surface area contributed by atoms with E-state index in [1.807, 2.05) is 29.8 Å². The van der Waals surface area contributed by atoms with Crippen LogP contribution in [0.25, 0.3) is 12.2 Å². The van der Waals surface area contributed by atoms with E-state index in [4.69, 9.17) is 23.8 Å². The predicted octanol–water partition coefficient (Wildman–Crippen LogP) is 4.22. The van der Waals surface area contributed by atoms with Crippen molar-refractivity contribution in [2.75, 3.05) is 0 Å². The van der Waals surface area contributed by atoms with E-state index in [-0.39, 0.29) is 11.6 Å². The summed E-state index contributed by atoms with van der Waals surface area (Å²) in [6.07, 6.45) is 5.89. The molecule has 0 aliphatic heterocycles. The molecule has 1 aliphatic carbocycles. The molecule has 0 saturated carbocycles. The second kappa shape index (κ2) is 5.81. The molecule has 2 aromatic heterocycles. The van der Waals surface area contributed by atoms with E-state index in [1.54, 1.807) is 24.6 Å². The molecule has 120 valence electrons. The van der Waals surface area contributed by atoms with Crippen LogP contribution < -0.4 is 5.69 Å². The van der Waals surface area contributed by atoms with Gasteiger partial charge in [-0.1, -0.05) is 36.0 Å². The average molecular weight is 374 g/mol. The molecule has 1 atom stereocenters. The molecule has 0 spiro atoms. The van der Waals surface area contributed by atoms with E-state index in [2.05, 4.69) is 16.0 Å². The third kappa shape index (κ3) is 2.47. The fraction of sp³-hybridized carbons (Fsp3) is 0.118. The Labute approximate surface area is 152 Å². The van der Waals surface area contributed by atoms with Crippen molar-refractivity contribution in [2.45, 2.75) is 5.92 Å². The third-order valence-corrected chi connectivity index (χ3v) is 5.50. The Bertz CT molecular complexity index is 1090. The zero-order valence-electron chi connectivity index (χ0n) is 12.6. The van der Waals surface area contributed by atoms with Crippen LogP contribution >= 0.6 is 35.2 Å². The highest BCUT2D eigenvalue weighted by atomic mass is 35.5. The van der Waals surface area contributed by atoms with Crippen molar-refractivity contribution in [3.05, 3.63) is 77.3 Å². The molecule has 4 nitrogen and oxygen atoms in total.